The van der Waals surface area contributed by atoms with Gasteiger partial charge in [0.2, 0.25) is 0 Å². The summed E-state index contributed by atoms with van der Waals surface area (Å²) in [6.45, 7) is 0. The van der Waals surface area contributed by atoms with Crippen LogP contribution in [0.5, 0.6) is 0 Å². The van der Waals surface area contributed by atoms with Crippen LogP contribution in [0.1, 0.15) is 0 Å². The molecule has 0 unspecified atom stereocenters. The van der Waals surface area contributed by atoms with Crippen LogP contribution >= 0.6 is 11.6 Å². The maximum atomic E-state index is 13.1. The topological polar surface area (TPSA) is 63.6 Å². The van der Waals surface area contributed by atoms with Crippen molar-refractivity contribution in [2.45, 2.75) is 46.5 Å². The average molecular weight is 533 g/mol. The van der Waals surface area contributed by atoms with Gasteiger partial charge in [-0.05, 0) is 11.6 Å². The molecule has 0 saturated carbocycles. The summed E-state index contributed by atoms with van der Waals surface area (Å²) >= 11 is 3.32. The fourth-order valence-electron chi connectivity index (χ4n) is 1.19. The normalized spacial score (nSPS) is 16.7. The molecule has 1 N–H and O–H groups in total. The van der Waals surface area contributed by atoms with E-state index < -0.39 is 56.7 Å². The minimum Gasteiger partial charge on any atom is -0.281 e. The highest BCUT2D eigenvalue weighted by atomic mass is 35.5. The molecule has 0 radical (unpaired) electrons. The van der Waals surface area contributed by atoms with Gasteiger partial charge in [0, 0.05) is 0 Å². The summed E-state index contributed by atoms with van der Waals surface area (Å²) in [7, 11) is -7.54. The van der Waals surface area contributed by atoms with Crippen LogP contribution in [-0.2, 0) is 14.9 Å². The second-order valence-electron chi connectivity index (χ2n) is 4.92. The summed E-state index contributed by atoms with van der Waals surface area (Å²) < 4.78 is 234. The Morgan fingerprint density at radius 3 is 1.13 bits per heavy atom. The van der Waals surface area contributed by atoms with Crippen molar-refractivity contribution in [3.63, 3.8) is 0 Å². The molecule has 0 aliphatic carbocycles. The number of ether oxygens (including phenoxy) is 1. The van der Waals surface area contributed by atoms with Gasteiger partial charge in [0.25, 0.3) is 0 Å². The molecule has 0 aliphatic heterocycles. The Balaban J connectivity index is 6.53. The number of hydrogen-bond donors (Lipinski definition) is 1. The van der Waals surface area contributed by atoms with Gasteiger partial charge >= 0.3 is 56.7 Å². The Morgan fingerprint density at radius 2 is 0.867 bits per heavy atom. The fourth-order valence-corrected chi connectivity index (χ4v) is 1.65. The molecule has 0 rings (SSSR count). The monoisotopic (exact) mass is 532 g/mol. The highest BCUT2D eigenvalue weighted by Gasteiger charge is 2.91. The molecule has 4 nitrogen and oxygen atoms in total. The van der Waals surface area contributed by atoms with Crippen molar-refractivity contribution in [2.75, 3.05) is 0 Å². The van der Waals surface area contributed by atoms with Gasteiger partial charge in [-0.2, -0.15) is 78.7 Å². The van der Waals surface area contributed by atoms with E-state index in [1.165, 1.54) is 4.74 Å². The number of rotatable bonds is 9. The summed E-state index contributed by atoms with van der Waals surface area (Å²) in [6, 6.07) is 0. The smallest absolute Gasteiger partial charge is 0.281 e. The quantitative estimate of drug-likeness (QED) is 0.257. The lowest BCUT2D eigenvalue weighted by molar-refractivity contribution is -0.498. The van der Waals surface area contributed by atoms with Crippen molar-refractivity contribution < 1.29 is 88.0 Å². The Labute approximate surface area is 157 Å². The standard InChI is InChI=1S/C8HClF16O4S/c9-5(18,19)3(14,15)1(10,11)2(12,13)4(16,17)6(20,21)29-7(22,23)8(24,25)30(26,27)28/h(H,26,27,28). The van der Waals surface area contributed by atoms with Crippen molar-refractivity contribution >= 4 is 21.7 Å². The second-order valence-corrected chi connectivity index (χ2v) is 6.86. The first-order chi connectivity index (χ1) is 12.5. The number of hydrogen-bond acceptors (Lipinski definition) is 3. The molecular weight excluding hydrogens is 532 g/mol. The molecule has 0 aromatic heterocycles. The van der Waals surface area contributed by atoms with Gasteiger partial charge in [0.05, 0.1) is 0 Å². The highest BCUT2D eigenvalue weighted by molar-refractivity contribution is 7.86. The second kappa shape index (κ2) is 7.02. The zero-order chi connectivity index (χ0) is 25.2. The third-order valence-corrected chi connectivity index (χ3v) is 3.95. The molecular formula is C8HClF16O4S. The first-order valence-corrected chi connectivity index (χ1v) is 7.66. The van der Waals surface area contributed by atoms with Crippen LogP contribution in [0, 0.1) is 0 Å². The van der Waals surface area contributed by atoms with Crippen molar-refractivity contribution in [3.8, 4) is 0 Å². The molecule has 0 spiro atoms. The number of halogens is 17. The maximum absolute atomic E-state index is 13.1. The highest BCUT2D eigenvalue weighted by Crippen LogP contribution is 2.61. The molecule has 0 saturated heterocycles. The van der Waals surface area contributed by atoms with E-state index in [-0.39, 0.29) is 0 Å². The van der Waals surface area contributed by atoms with Gasteiger partial charge in [-0.3, -0.25) is 4.55 Å². The summed E-state index contributed by atoms with van der Waals surface area (Å²) in [5.74, 6) is -33.1. The Hall–Kier alpha value is -0.960. The van der Waals surface area contributed by atoms with Gasteiger partial charge in [0.1, 0.15) is 0 Å². The lowest BCUT2D eigenvalue weighted by atomic mass is 9.97. The molecule has 0 atom stereocenters. The summed E-state index contributed by atoms with van der Waals surface area (Å²) in [5.41, 5.74) is 0. The number of alkyl halides is 17. The summed E-state index contributed by atoms with van der Waals surface area (Å²) in [4.78, 5) is 0. The lowest BCUT2D eigenvalue weighted by Gasteiger charge is -2.40. The zero-order valence-corrected chi connectivity index (χ0v) is 14.1. The summed E-state index contributed by atoms with van der Waals surface area (Å²) in [6.07, 6.45) is -15.7. The molecule has 0 aromatic rings. The van der Waals surface area contributed by atoms with Gasteiger partial charge in [-0.1, -0.05) is 0 Å². The van der Waals surface area contributed by atoms with E-state index in [0.29, 0.717) is 0 Å². The van der Waals surface area contributed by atoms with E-state index in [2.05, 4.69) is 11.6 Å². The van der Waals surface area contributed by atoms with E-state index in [0.717, 1.165) is 0 Å². The molecule has 0 fully saturated rings. The van der Waals surface area contributed by atoms with Crippen molar-refractivity contribution in [1.82, 2.24) is 0 Å². The SMILES string of the molecule is O=S(=O)(O)C(F)(F)C(F)(F)OC(F)(F)C(F)(F)C(F)(F)C(F)(F)C(F)(F)C(F)(F)Cl. The Kier molecular flexibility index (Phi) is 6.80. The van der Waals surface area contributed by atoms with Crippen LogP contribution in [0.15, 0.2) is 0 Å². The fraction of sp³-hybridized carbons (Fsp3) is 1.00. The van der Waals surface area contributed by atoms with E-state index in [4.69, 9.17) is 4.55 Å². The molecule has 0 heterocycles. The van der Waals surface area contributed by atoms with E-state index >= 15 is 0 Å². The van der Waals surface area contributed by atoms with Crippen molar-refractivity contribution in [1.29, 1.82) is 0 Å². The van der Waals surface area contributed by atoms with Crippen LogP contribution in [-0.4, -0.2) is 59.5 Å². The molecule has 30 heavy (non-hydrogen) atoms. The molecule has 182 valence electrons. The molecule has 22 heteroatoms. The minimum atomic E-state index is -8.51. The van der Waals surface area contributed by atoms with Gasteiger partial charge in [-0.25, -0.2) is 4.74 Å². The van der Waals surface area contributed by atoms with Crippen LogP contribution in [0.3, 0.4) is 0 Å². The third-order valence-electron chi connectivity index (χ3n) is 2.82. The molecule has 0 amide bonds. The molecule has 0 aliphatic rings. The Bertz CT molecular complexity index is 756. The van der Waals surface area contributed by atoms with E-state index in [1.807, 2.05) is 0 Å². The Morgan fingerprint density at radius 1 is 0.567 bits per heavy atom. The van der Waals surface area contributed by atoms with E-state index in [1.54, 1.807) is 0 Å². The predicted molar refractivity (Wildman–Crippen MR) is 58.1 cm³/mol. The first-order valence-electron chi connectivity index (χ1n) is 5.84. The zero-order valence-electron chi connectivity index (χ0n) is 12.5. The first kappa shape index (κ1) is 29.0. The van der Waals surface area contributed by atoms with Crippen LogP contribution < -0.4 is 0 Å². The molecule has 0 bridgehead atoms. The maximum Gasteiger partial charge on any atom is 0.460 e. The predicted octanol–water partition coefficient (Wildman–Crippen LogP) is 5.04. The minimum absolute atomic E-state index is 1.18. The van der Waals surface area contributed by atoms with Crippen LogP contribution in [0.4, 0.5) is 70.2 Å². The van der Waals surface area contributed by atoms with Crippen LogP contribution in [0.25, 0.3) is 0 Å². The van der Waals surface area contributed by atoms with Gasteiger partial charge in [0.15, 0.2) is 0 Å². The van der Waals surface area contributed by atoms with Crippen LogP contribution in [0.2, 0.25) is 0 Å². The average Bonchev–Trinajstić information content (AvgIpc) is 2.42. The largest absolute Gasteiger partial charge is 0.460 e. The van der Waals surface area contributed by atoms with E-state index in [9.17, 15) is 78.7 Å². The van der Waals surface area contributed by atoms with Gasteiger partial charge < -0.3 is 0 Å². The van der Waals surface area contributed by atoms with Crippen molar-refractivity contribution in [2.24, 2.45) is 0 Å². The van der Waals surface area contributed by atoms with Gasteiger partial charge in [-0.15, -0.1) is 0 Å². The lowest BCUT2D eigenvalue weighted by Crippen LogP contribution is -2.71. The summed E-state index contributed by atoms with van der Waals surface area (Å²) in [5, 5.41) is -14.2. The third kappa shape index (κ3) is 3.96. The molecule has 0 aromatic carbocycles. The van der Waals surface area contributed by atoms with Crippen molar-refractivity contribution in [3.05, 3.63) is 0 Å².